The molecule has 0 bridgehead atoms. The summed E-state index contributed by atoms with van der Waals surface area (Å²) in [5, 5.41) is 6.38. The van der Waals surface area contributed by atoms with Gasteiger partial charge in [-0.3, -0.25) is 0 Å². The SMILES string of the molecule is CC1CNCC(COC(=O)NS(C)(=O)=O)N1. The fraction of sp³-hybridized carbons (Fsp3) is 0.875. The van der Waals surface area contributed by atoms with Crippen LogP contribution >= 0.6 is 0 Å². The molecule has 2 unspecified atom stereocenters. The molecule has 1 rings (SSSR count). The third kappa shape index (κ3) is 5.29. The average Bonchev–Trinajstić information content (AvgIpc) is 2.12. The van der Waals surface area contributed by atoms with E-state index in [1.54, 1.807) is 4.72 Å². The van der Waals surface area contributed by atoms with E-state index in [-0.39, 0.29) is 12.6 Å². The fourth-order valence-corrected chi connectivity index (χ4v) is 1.82. The van der Waals surface area contributed by atoms with E-state index in [1.165, 1.54) is 0 Å². The van der Waals surface area contributed by atoms with Crippen LogP contribution in [0.2, 0.25) is 0 Å². The third-order valence-electron chi connectivity index (χ3n) is 2.05. The van der Waals surface area contributed by atoms with Crippen molar-refractivity contribution in [1.29, 1.82) is 0 Å². The normalized spacial score (nSPS) is 26.1. The van der Waals surface area contributed by atoms with Crippen molar-refractivity contribution >= 4 is 16.1 Å². The maximum absolute atomic E-state index is 11.0. The van der Waals surface area contributed by atoms with Crippen LogP contribution in [-0.4, -0.2) is 52.5 Å². The molecule has 94 valence electrons. The molecule has 1 aliphatic rings. The number of piperazine rings is 1. The zero-order valence-electron chi connectivity index (χ0n) is 9.32. The third-order valence-corrected chi connectivity index (χ3v) is 2.58. The molecule has 1 fully saturated rings. The number of nitrogens with one attached hydrogen (secondary N) is 3. The lowest BCUT2D eigenvalue weighted by Gasteiger charge is -2.29. The Morgan fingerprint density at radius 1 is 1.50 bits per heavy atom. The number of sulfonamides is 1. The first kappa shape index (κ1) is 13.2. The van der Waals surface area contributed by atoms with Gasteiger partial charge in [0.05, 0.1) is 12.3 Å². The van der Waals surface area contributed by atoms with Gasteiger partial charge in [-0.15, -0.1) is 0 Å². The zero-order chi connectivity index (χ0) is 12.2. The first-order chi connectivity index (χ1) is 7.37. The number of hydrogen-bond acceptors (Lipinski definition) is 6. The molecule has 2 atom stereocenters. The van der Waals surface area contributed by atoms with Gasteiger partial charge in [-0.1, -0.05) is 0 Å². The van der Waals surface area contributed by atoms with Crippen LogP contribution in [0.3, 0.4) is 0 Å². The van der Waals surface area contributed by atoms with Crippen molar-refractivity contribution in [2.45, 2.75) is 19.0 Å². The van der Waals surface area contributed by atoms with Crippen molar-refractivity contribution < 1.29 is 17.9 Å². The highest BCUT2D eigenvalue weighted by Crippen LogP contribution is 1.95. The van der Waals surface area contributed by atoms with Crippen LogP contribution in [0.1, 0.15) is 6.92 Å². The molecule has 0 aromatic heterocycles. The monoisotopic (exact) mass is 251 g/mol. The summed E-state index contributed by atoms with van der Waals surface area (Å²) in [5.74, 6) is 0. The molecule has 0 spiro atoms. The van der Waals surface area contributed by atoms with Gasteiger partial charge in [0.15, 0.2) is 0 Å². The molecule has 0 saturated carbocycles. The Labute approximate surface area is 95.0 Å². The van der Waals surface area contributed by atoms with Gasteiger partial charge in [-0.2, -0.15) is 0 Å². The van der Waals surface area contributed by atoms with Crippen molar-refractivity contribution in [2.75, 3.05) is 26.0 Å². The number of amides is 1. The second kappa shape index (κ2) is 5.46. The van der Waals surface area contributed by atoms with Gasteiger partial charge in [0.25, 0.3) is 0 Å². The van der Waals surface area contributed by atoms with Crippen molar-refractivity contribution in [1.82, 2.24) is 15.4 Å². The number of hydrogen-bond donors (Lipinski definition) is 3. The molecule has 0 aromatic carbocycles. The van der Waals surface area contributed by atoms with E-state index in [9.17, 15) is 13.2 Å². The predicted octanol–water partition coefficient (Wildman–Crippen LogP) is -1.38. The fourth-order valence-electron chi connectivity index (χ4n) is 1.46. The molecule has 1 amide bonds. The predicted molar refractivity (Wildman–Crippen MR) is 58.6 cm³/mol. The molecule has 1 saturated heterocycles. The highest BCUT2D eigenvalue weighted by Gasteiger charge is 2.19. The summed E-state index contributed by atoms with van der Waals surface area (Å²) in [6.45, 7) is 3.71. The Morgan fingerprint density at radius 3 is 2.75 bits per heavy atom. The minimum Gasteiger partial charge on any atom is -0.447 e. The molecule has 0 aromatic rings. The van der Waals surface area contributed by atoms with Crippen LogP contribution in [0.25, 0.3) is 0 Å². The highest BCUT2D eigenvalue weighted by molar-refractivity contribution is 7.89. The van der Waals surface area contributed by atoms with Crippen molar-refractivity contribution in [2.24, 2.45) is 0 Å². The lowest BCUT2D eigenvalue weighted by molar-refractivity contribution is 0.132. The Hall–Kier alpha value is -0.860. The number of rotatable bonds is 3. The van der Waals surface area contributed by atoms with E-state index < -0.39 is 16.1 Å². The Kier molecular flexibility index (Phi) is 4.51. The maximum Gasteiger partial charge on any atom is 0.420 e. The first-order valence-corrected chi connectivity index (χ1v) is 6.87. The largest absolute Gasteiger partial charge is 0.447 e. The summed E-state index contributed by atoms with van der Waals surface area (Å²) in [6.07, 6.45) is -0.0426. The Balaban J connectivity index is 2.26. The van der Waals surface area contributed by atoms with Crippen LogP contribution in [0.15, 0.2) is 0 Å². The van der Waals surface area contributed by atoms with Crippen molar-refractivity contribution in [3.05, 3.63) is 0 Å². The van der Waals surface area contributed by atoms with Gasteiger partial charge < -0.3 is 15.4 Å². The average molecular weight is 251 g/mol. The first-order valence-electron chi connectivity index (χ1n) is 4.98. The lowest BCUT2D eigenvalue weighted by atomic mass is 10.2. The van der Waals surface area contributed by atoms with Gasteiger partial charge in [0, 0.05) is 19.1 Å². The molecule has 0 radical (unpaired) electrons. The summed E-state index contributed by atoms with van der Waals surface area (Å²) < 4.78 is 27.9. The standard InChI is InChI=1S/C8H17N3O4S/c1-6-3-9-4-7(10-6)5-15-8(12)11-16(2,13)14/h6-7,9-10H,3-5H2,1-2H3,(H,11,12). The van der Waals surface area contributed by atoms with Gasteiger partial charge in [-0.25, -0.2) is 17.9 Å². The van der Waals surface area contributed by atoms with E-state index in [0.29, 0.717) is 12.6 Å². The second-order valence-electron chi connectivity index (χ2n) is 3.90. The molecule has 7 nitrogen and oxygen atoms in total. The molecule has 1 heterocycles. The number of carbonyl (C=O) groups excluding carboxylic acids is 1. The van der Waals surface area contributed by atoms with Gasteiger partial charge >= 0.3 is 6.09 Å². The summed E-state index contributed by atoms with van der Waals surface area (Å²) in [6, 6.07) is 0.314. The molecule has 1 aliphatic heterocycles. The molecule has 16 heavy (non-hydrogen) atoms. The van der Waals surface area contributed by atoms with E-state index in [1.807, 2.05) is 6.92 Å². The smallest absolute Gasteiger partial charge is 0.420 e. The van der Waals surface area contributed by atoms with E-state index in [2.05, 4.69) is 10.6 Å². The summed E-state index contributed by atoms with van der Waals surface area (Å²) in [7, 11) is -3.55. The van der Waals surface area contributed by atoms with E-state index in [0.717, 1.165) is 12.8 Å². The van der Waals surface area contributed by atoms with Crippen LogP contribution in [0.5, 0.6) is 0 Å². The molecule has 0 aliphatic carbocycles. The van der Waals surface area contributed by atoms with E-state index in [4.69, 9.17) is 4.74 Å². The van der Waals surface area contributed by atoms with Gasteiger partial charge in [-0.05, 0) is 6.92 Å². The highest BCUT2D eigenvalue weighted by atomic mass is 32.2. The summed E-state index contributed by atoms with van der Waals surface area (Å²) in [5.41, 5.74) is 0. The summed E-state index contributed by atoms with van der Waals surface area (Å²) in [4.78, 5) is 11.0. The van der Waals surface area contributed by atoms with Crippen LogP contribution < -0.4 is 15.4 Å². The van der Waals surface area contributed by atoms with Crippen LogP contribution in [0, 0.1) is 0 Å². The Bertz CT molecular complexity index is 343. The summed E-state index contributed by atoms with van der Waals surface area (Å²) >= 11 is 0. The van der Waals surface area contributed by atoms with Crippen molar-refractivity contribution in [3.8, 4) is 0 Å². The van der Waals surface area contributed by atoms with Gasteiger partial charge in [0.2, 0.25) is 10.0 Å². The van der Waals surface area contributed by atoms with Gasteiger partial charge in [0.1, 0.15) is 6.61 Å². The second-order valence-corrected chi connectivity index (χ2v) is 5.64. The maximum atomic E-state index is 11.0. The quantitative estimate of drug-likeness (QED) is 0.572. The number of carbonyl (C=O) groups is 1. The Morgan fingerprint density at radius 2 is 2.19 bits per heavy atom. The van der Waals surface area contributed by atoms with E-state index >= 15 is 0 Å². The zero-order valence-corrected chi connectivity index (χ0v) is 10.1. The topological polar surface area (TPSA) is 96.5 Å². The molecule has 8 heteroatoms. The van der Waals surface area contributed by atoms with Crippen molar-refractivity contribution in [3.63, 3.8) is 0 Å². The minimum atomic E-state index is -3.55. The number of ether oxygens (including phenoxy) is 1. The molecule has 3 N–H and O–H groups in total. The minimum absolute atomic E-state index is 0.00839. The molecular formula is C8H17N3O4S. The molecular weight excluding hydrogens is 234 g/mol. The van der Waals surface area contributed by atoms with Crippen LogP contribution in [-0.2, 0) is 14.8 Å². The lowest BCUT2D eigenvalue weighted by Crippen LogP contribution is -2.55. The van der Waals surface area contributed by atoms with Crippen LogP contribution in [0.4, 0.5) is 4.79 Å².